The smallest absolute Gasteiger partial charge is 0.306 e. The summed E-state index contributed by atoms with van der Waals surface area (Å²) in [5.41, 5.74) is 6.38. The third-order valence-electron chi connectivity index (χ3n) is 1.91. The first-order valence-corrected chi connectivity index (χ1v) is 4.21. The molecule has 0 aliphatic rings. The molecule has 13 heavy (non-hydrogen) atoms. The van der Waals surface area contributed by atoms with Gasteiger partial charge < -0.3 is 10.2 Å². The molecule has 0 aliphatic carbocycles. The minimum Gasteiger partial charge on any atom is -0.426 e. The fourth-order valence-electron chi connectivity index (χ4n) is 1.21. The van der Waals surface area contributed by atoms with E-state index in [1.807, 2.05) is 37.6 Å². The number of aryl methyl sites for hydroxylation is 1. The number of imidazole rings is 1. The normalized spacial score (nSPS) is 12.6. The monoisotopic (exact) mass is 179 g/mol. The Morgan fingerprint density at radius 3 is 2.69 bits per heavy atom. The van der Waals surface area contributed by atoms with Gasteiger partial charge in [-0.2, -0.15) is 4.98 Å². The number of hydrogen-bond donors (Lipinski definition) is 1. The van der Waals surface area contributed by atoms with Crippen molar-refractivity contribution < 1.29 is 4.42 Å². The van der Waals surface area contributed by atoms with Crippen LogP contribution in [0.3, 0.4) is 0 Å². The van der Waals surface area contributed by atoms with Gasteiger partial charge in [0.2, 0.25) is 0 Å². The van der Waals surface area contributed by atoms with Gasteiger partial charge >= 0.3 is 5.84 Å². The summed E-state index contributed by atoms with van der Waals surface area (Å²) in [6, 6.07) is 0. The third kappa shape index (κ3) is 1.33. The molecule has 70 valence electrons. The summed E-state index contributed by atoms with van der Waals surface area (Å²) in [6.45, 7) is 5.73. The lowest BCUT2D eigenvalue weighted by molar-refractivity contribution is 0.409. The van der Waals surface area contributed by atoms with Crippen molar-refractivity contribution in [1.29, 1.82) is 0 Å². The molecule has 0 bridgehead atoms. The van der Waals surface area contributed by atoms with Crippen molar-refractivity contribution in [2.45, 2.75) is 26.3 Å². The van der Waals surface area contributed by atoms with E-state index in [0.717, 1.165) is 11.5 Å². The molecule has 0 saturated heterocycles. The molecule has 4 heteroatoms. The highest BCUT2D eigenvalue weighted by Crippen LogP contribution is 2.20. The average Bonchev–Trinajstić information content (AvgIpc) is 2.40. The van der Waals surface area contributed by atoms with Gasteiger partial charge in [0.25, 0.3) is 0 Å². The molecule has 0 atom stereocenters. The van der Waals surface area contributed by atoms with Gasteiger partial charge in [0, 0.05) is 6.20 Å². The van der Waals surface area contributed by atoms with Crippen LogP contribution in [-0.2, 0) is 5.54 Å². The van der Waals surface area contributed by atoms with Crippen molar-refractivity contribution in [3.63, 3.8) is 0 Å². The van der Waals surface area contributed by atoms with Crippen LogP contribution in [0.5, 0.6) is 0 Å². The van der Waals surface area contributed by atoms with Gasteiger partial charge in [-0.05, 0) is 20.8 Å². The first-order chi connectivity index (χ1) is 5.97. The molecule has 0 aliphatic heterocycles. The fourth-order valence-corrected chi connectivity index (χ4v) is 1.21. The summed E-state index contributed by atoms with van der Waals surface area (Å²) in [5.74, 6) is 1.35. The SMILES string of the molecule is Cc1cn2cc(C(C)(C)N)oc2n1. The molecule has 2 rings (SSSR count). The second-order valence-electron chi connectivity index (χ2n) is 3.89. The summed E-state index contributed by atoms with van der Waals surface area (Å²) < 4.78 is 7.33. The van der Waals surface area contributed by atoms with Crippen LogP contribution in [0.1, 0.15) is 25.3 Å². The van der Waals surface area contributed by atoms with Crippen LogP contribution in [0.2, 0.25) is 0 Å². The highest BCUT2D eigenvalue weighted by Gasteiger charge is 2.20. The topological polar surface area (TPSA) is 56.5 Å². The van der Waals surface area contributed by atoms with Gasteiger partial charge in [-0.15, -0.1) is 0 Å². The summed E-state index contributed by atoms with van der Waals surface area (Å²) in [6.07, 6.45) is 3.78. The minimum absolute atomic E-state index is 0.450. The Bertz CT molecular complexity index is 402. The Kier molecular flexibility index (Phi) is 1.51. The summed E-state index contributed by atoms with van der Waals surface area (Å²) in [4.78, 5) is 4.19. The van der Waals surface area contributed by atoms with Crippen molar-refractivity contribution in [3.05, 3.63) is 23.8 Å². The molecule has 2 aromatic heterocycles. The number of aromatic nitrogens is 2. The molecule has 0 radical (unpaired) electrons. The number of oxazole rings is 1. The summed E-state index contributed by atoms with van der Waals surface area (Å²) in [7, 11) is 0. The van der Waals surface area contributed by atoms with Gasteiger partial charge in [0.05, 0.1) is 17.4 Å². The van der Waals surface area contributed by atoms with E-state index < -0.39 is 5.54 Å². The molecule has 0 amide bonds. The van der Waals surface area contributed by atoms with E-state index in [-0.39, 0.29) is 0 Å². The van der Waals surface area contributed by atoms with Crippen LogP contribution in [-0.4, -0.2) is 9.38 Å². The van der Waals surface area contributed by atoms with Crippen LogP contribution in [0, 0.1) is 6.92 Å². The van der Waals surface area contributed by atoms with Gasteiger partial charge in [-0.3, -0.25) is 4.40 Å². The molecule has 2 heterocycles. The first kappa shape index (κ1) is 8.31. The number of nitrogens with two attached hydrogens (primary N) is 1. The predicted molar refractivity (Wildman–Crippen MR) is 49.4 cm³/mol. The van der Waals surface area contributed by atoms with E-state index in [0.29, 0.717) is 5.84 Å². The van der Waals surface area contributed by atoms with Crippen molar-refractivity contribution in [3.8, 4) is 0 Å². The van der Waals surface area contributed by atoms with E-state index in [1.54, 1.807) is 0 Å². The Morgan fingerprint density at radius 2 is 2.15 bits per heavy atom. The van der Waals surface area contributed by atoms with Gasteiger partial charge in [0.15, 0.2) is 0 Å². The molecular formula is C9H13N3O. The molecule has 2 N–H and O–H groups in total. The van der Waals surface area contributed by atoms with Crippen molar-refractivity contribution in [2.75, 3.05) is 0 Å². The van der Waals surface area contributed by atoms with E-state index in [1.165, 1.54) is 0 Å². The molecule has 0 aromatic carbocycles. The van der Waals surface area contributed by atoms with Gasteiger partial charge in [-0.25, -0.2) is 0 Å². The molecule has 0 saturated carbocycles. The zero-order valence-corrected chi connectivity index (χ0v) is 8.03. The first-order valence-electron chi connectivity index (χ1n) is 4.21. The quantitative estimate of drug-likeness (QED) is 0.720. The fraction of sp³-hybridized carbons (Fsp3) is 0.444. The van der Waals surface area contributed by atoms with Crippen LogP contribution in [0.25, 0.3) is 5.84 Å². The maximum absolute atomic E-state index is 5.88. The lowest BCUT2D eigenvalue weighted by atomic mass is 10.1. The van der Waals surface area contributed by atoms with E-state index >= 15 is 0 Å². The van der Waals surface area contributed by atoms with Crippen molar-refractivity contribution >= 4 is 5.84 Å². The van der Waals surface area contributed by atoms with Crippen LogP contribution in [0.15, 0.2) is 16.8 Å². The number of nitrogens with zero attached hydrogens (tertiary/aromatic N) is 2. The average molecular weight is 179 g/mol. The highest BCUT2D eigenvalue weighted by molar-refractivity contribution is 5.29. The Balaban J connectivity index is 2.57. The van der Waals surface area contributed by atoms with E-state index in [9.17, 15) is 0 Å². The standard InChI is InChI=1S/C9H13N3O/c1-6-4-12-5-7(9(2,3)10)13-8(12)11-6/h4-5H,10H2,1-3H3. The maximum atomic E-state index is 5.88. The lowest BCUT2D eigenvalue weighted by Gasteiger charge is -2.13. The zero-order chi connectivity index (χ0) is 9.64. The van der Waals surface area contributed by atoms with E-state index in [2.05, 4.69) is 4.98 Å². The van der Waals surface area contributed by atoms with Crippen LogP contribution in [0.4, 0.5) is 0 Å². The maximum Gasteiger partial charge on any atom is 0.306 e. The zero-order valence-electron chi connectivity index (χ0n) is 8.03. The Labute approximate surface area is 76.4 Å². The van der Waals surface area contributed by atoms with Crippen LogP contribution >= 0.6 is 0 Å². The van der Waals surface area contributed by atoms with Gasteiger partial charge in [0.1, 0.15) is 5.76 Å². The highest BCUT2D eigenvalue weighted by atomic mass is 16.4. The largest absolute Gasteiger partial charge is 0.426 e. The van der Waals surface area contributed by atoms with Crippen molar-refractivity contribution in [2.24, 2.45) is 5.73 Å². The third-order valence-corrected chi connectivity index (χ3v) is 1.91. The predicted octanol–water partition coefficient (Wildman–Crippen LogP) is 1.43. The van der Waals surface area contributed by atoms with Crippen molar-refractivity contribution in [1.82, 2.24) is 9.38 Å². The number of hydrogen-bond acceptors (Lipinski definition) is 3. The Morgan fingerprint density at radius 1 is 1.46 bits per heavy atom. The molecule has 0 fully saturated rings. The van der Waals surface area contributed by atoms with E-state index in [4.69, 9.17) is 10.2 Å². The molecular weight excluding hydrogens is 166 g/mol. The number of rotatable bonds is 1. The molecule has 0 unspecified atom stereocenters. The van der Waals surface area contributed by atoms with Crippen LogP contribution < -0.4 is 5.73 Å². The summed E-state index contributed by atoms with van der Waals surface area (Å²) in [5, 5.41) is 0. The van der Waals surface area contributed by atoms with Gasteiger partial charge in [-0.1, -0.05) is 0 Å². The minimum atomic E-state index is -0.450. The molecule has 0 spiro atoms. The second kappa shape index (κ2) is 2.35. The summed E-state index contributed by atoms with van der Waals surface area (Å²) >= 11 is 0. The molecule has 2 aromatic rings. The lowest BCUT2D eigenvalue weighted by Crippen LogP contribution is -2.27. The molecule has 4 nitrogen and oxygen atoms in total. The Hall–Kier alpha value is -1.29. The second-order valence-corrected chi connectivity index (χ2v) is 3.89. The number of fused-ring (bicyclic) bond motifs is 1.